The van der Waals surface area contributed by atoms with Gasteiger partial charge in [-0.1, -0.05) is 5.16 Å². The van der Waals surface area contributed by atoms with Gasteiger partial charge in [-0.25, -0.2) is 0 Å². The van der Waals surface area contributed by atoms with Crippen molar-refractivity contribution in [2.45, 2.75) is 6.10 Å². The van der Waals surface area contributed by atoms with Gasteiger partial charge < -0.3 is 19.0 Å². The molecule has 1 atom stereocenters. The Labute approximate surface area is 118 Å². The Morgan fingerprint density at radius 1 is 1.39 bits per heavy atom. The van der Waals surface area contributed by atoms with E-state index in [0.29, 0.717) is 35.3 Å². The Bertz CT molecular complexity index is 510. The van der Waals surface area contributed by atoms with Crippen LogP contribution in [0.1, 0.15) is 12.0 Å². The van der Waals surface area contributed by atoms with Gasteiger partial charge in [-0.15, -0.1) is 12.4 Å². The molecular weight excluding hydrogens is 325 g/mol. The van der Waals surface area contributed by atoms with E-state index < -0.39 is 0 Å². The fraction of sp³-hybridized carbons (Fsp3) is 0.400. The maximum absolute atomic E-state index is 5.52. The minimum atomic E-state index is -0.177. The molecule has 98 valence electrons. The van der Waals surface area contributed by atoms with Crippen LogP contribution >= 0.6 is 28.3 Å². The van der Waals surface area contributed by atoms with E-state index in [0.717, 1.165) is 6.54 Å². The van der Waals surface area contributed by atoms with Gasteiger partial charge in [-0.3, -0.25) is 0 Å². The topological polar surface area (TPSA) is 73.3 Å². The third-order valence-electron chi connectivity index (χ3n) is 2.44. The fourth-order valence-electron chi connectivity index (χ4n) is 1.62. The predicted molar refractivity (Wildman–Crippen MR) is 68.5 cm³/mol. The number of furan rings is 1. The van der Waals surface area contributed by atoms with Gasteiger partial charge in [0.15, 0.2) is 10.4 Å². The van der Waals surface area contributed by atoms with Crippen molar-refractivity contribution < 1.29 is 13.7 Å². The average Bonchev–Trinajstić information content (AvgIpc) is 2.98. The van der Waals surface area contributed by atoms with Crippen LogP contribution in [0.2, 0.25) is 0 Å². The van der Waals surface area contributed by atoms with Crippen molar-refractivity contribution in [3.8, 4) is 11.6 Å². The van der Waals surface area contributed by atoms with Crippen molar-refractivity contribution in [2.75, 3.05) is 19.7 Å². The minimum absolute atomic E-state index is 0. The summed E-state index contributed by atoms with van der Waals surface area (Å²) in [5, 5.41) is 7.07. The van der Waals surface area contributed by atoms with Gasteiger partial charge >= 0.3 is 0 Å². The second-order valence-corrected chi connectivity index (χ2v) is 4.41. The first kappa shape index (κ1) is 13.5. The Kier molecular flexibility index (Phi) is 4.39. The maximum atomic E-state index is 5.52. The summed E-state index contributed by atoms with van der Waals surface area (Å²) in [5.74, 6) is 1.47. The lowest BCUT2D eigenvalue weighted by molar-refractivity contribution is 0.00755. The average molecular weight is 337 g/mol. The van der Waals surface area contributed by atoms with Crippen LogP contribution in [0.3, 0.4) is 0 Å². The molecule has 2 aromatic heterocycles. The normalized spacial score (nSPS) is 19.5. The Morgan fingerprint density at radius 2 is 2.28 bits per heavy atom. The van der Waals surface area contributed by atoms with Crippen molar-refractivity contribution in [1.82, 2.24) is 15.5 Å². The standard InChI is InChI=1S/C10H10BrN3O3.ClH/c11-8-2-1-6(16-8)9-13-10(17-14-9)7-5-12-3-4-15-7;/h1-2,7,12H,3-5H2;1H/t7-;/m1./s1. The monoisotopic (exact) mass is 335 g/mol. The number of nitrogens with one attached hydrogen (secondary N) is 1. The lowest BCUT2D eigenvalue weighted by atomic mass is 10.3. The molecule has 18 heavy (non-hydrogen) atoms. The maximum Gasteiger partial charge on any atom is 0.257 e. The first-order valence-corrected chi connectivity index (χ1v) is 6.04. The predicted octanol–water partition coefficient (Wildman–Crippen LogP) is 2.17. The van der Waals surface area contributed by atoms with E-state index in [1.54, 1.807) is 12.1 Å². The fourth-order valence-corrected chi connectivity index (χ4v) is 1.93. The highest BCUT2D eigenvalue weighted by Gasteiger charge is 2.23. The third-order valence-corrected chi connectivity index (χ3v) is 2.86. The van der Waals surface area contributed by atoms with Crippen LogP contribution in [0.25, 0.3) is 11.6 Å². The molecular formula is C10H11BrClN3O3. The van der Waals surface area contributed by atoms with E-state index in [-0.39, 0.29) is 18.5 Å². The van der Waals surface area contributed by atoms with Crippen LogP contribution < -0.4 is 5.32 Å². The number of rotatable bonds is 2. The molecule has 0 aliphatic carbocycles. The van der Waals surface area contributed by atoms with Crippen molar-refractivity contribution >= 4 is 28.3 Å². The molecule has 0 unspecified atom stereocenters. The number of nitrogens with zero attached hydrogens (tertiary/aromatic N) is 2. The number of hydrogen-bond acceptors (Lipinski definition) is 6. The third kappa shape index (κ3) is 2.74. The van der Waals surface area contributed by atoms with Gasteiger partial charge in [0.2, 0.25) is 5.82 Å². The summed E-state index contributed by atoms with van der Waals surface area (Å²) in [7, 11) is 0. The zero-order chi connectivity index (χ0) is 11.7. The summed E-state index contributed by atoms with van der Waals surface area (Å²) in [6, 6.07) is 3.56. The zero-order valence-electron chi connectivity index (χ0n) is 9.26. The summed E-state index contributed by atoms with van der Waals surface area (Å²) < 4.78 is 16.7. The van der Waals surface area contributed by atoms with Crippen LogP contribution in [0.5, 0.6) is 0 Å². The molecule has 0 radical (unpaired) electrons. The molecule has 0 saturated carbocycles. The molecule has 8 heteroatoms. The van der Waals surface area contributed by atoms with Crippen LogP contribution in [-0.2, 0) is 4.74 Å². The molecule has 0 amide bonds. The van der Waals surface area contributed by atoms with E-state index in [9.17, 15) is 0 Å². The molecule has 1 fully saturated rings. The van der Waals surface area contributed by atoms with Crippen molar-refractivity contribution in [3.63, 3.8) is 0 Å². The first-order valence-electron chi connectivity index (χ1n) is 5.24. The van der Waals surface area contributed by atoms with E-state index >= 15 is 0 Å². The Balaban J connectivity index is 0.00000120. The first-order chi connectivity index (χ1) is 8.33. The molecule has 0 aromatic carbocycles. The summed E-state index contributed by atoms with van der Waals surface area (Å²) in [4.78, 5) is 4.26. The molecule has 1 aliphatic heterocycles. The van der Waals surface area contributed by atoms with Gasteiger partial charge in [0, 0.05) is 13.1 Å². The smallest absolute Gasteiger partial charge is 0.257 e. The number of ether oxygens (including phenoxy) is 1. The van der Waals surface area contributed by atoms with Crippen molar-refractivity contribution in [2.24, 2.45) is 0 Å². The molecule has 3 rings (SSSR count). The molecule has 1 N–H and O–H groups in total. The van der Waals surface area contributed by atoms with Crippen LogP contribution in [0, 0.1) is 0 Å². The summed E-state index contributed by atoms with van der Waals surface area (Å²) in [5.41, 5.74) is 0. The SMILES string of the molecule is Brc1ccc(-c2noc([C@H]3CNCCO3)n2)o1.Cl. The lowest BCUT2D eigenvalue weighted by Crippen LogP contribution is -2.33. The number of halogens is 2. The van der Waals surface area contributed by atoms with Gasteiger partial charge in [0.25, 0.3) is 5.89 Å². The molecule has 2 aromatic rings. The van der Waals surface area contributed by atoms with Gasteiger partial charge in [0.1, 0.15) is 6.10 Å². The van der Waals surface area contributed by atoms with Gasteiger partial charge in [-0.05, 0) is 28.1 Å². The number of aromatic nitrogens is 2. The van der Waals surface area contributed by atoms with Crippen molar-refractivity contribution in [1.29, 1.82) is 0 Å². The largest absolute Gasteiger partial charge is 0.446 e. The van der Waals surface area contributed by atoms with E-state index in [1.165, 1.54) is 0 Å². The van der Waals surface area contributed by atoms with Gasteiger partial charge in [-0.2, -0.15) is 4.98 Å². The summed E-state index contributed by atoms with van der Waals surface area (Å²) >= 11 is 3.23. The second kappa shape index (κ2) is 5.83. The second-order valence-electron chi connectivity index (χ2n) is 3.62. The molecule has 0 bridgehead atoms. The lowest BCUT2D eigenvalue weighted by Gasteiger charge is -2.19. The van der Waals surface area contributed by atoms with Crippen LogP contribution in [-0.4, -0.2) is 29.8 Å². The number of hydrogen-bond donors (Lipinski definition) is 1. The van der Waals surface area contributed by atoms with E-state index in [1.807, 2.05) is 0 Å². The molecule has 6 nitrogen and oxygen atoms in total. The Morgan fingerprint density at radius 3 is 2.94 bits per heavy atom. The molecule has 3 heterocycles. The molecule has 1 aliphatic rings. The number of morpholine rings is 1. The van der Waals surface area contributed by atoms with Gasteiger partial charge in [0.05, 0.1) is 6.61 Å². The van der Waals surface area contributed by atoms with Crippen LogP contribution in [0.15, 0.2) is 25.7 Å². The quantitative estimate of drug-likeness (QED) is 0.906. The molecule has 0 spiro atoms. The highest BCUT2D eigenvalue weighted by molar-refractivity contribution is 9.10. The zero-order valence-corrected chi connectivity index (χ0v) is 11.7. The summed E-state index contributed by atoms with van der Waals surface area (Å²) in [6.07, 6.45) is -0.177. The van der Waals surface area contributed by atoms with Crippen molar-refractivity contribution in [3.05, 3.63) is 22.7 Å². The summed E-state index contributed by atoms with van der Waals surface area (Å²) in [6.45, 7) is 2.18. The highest BCUT2D eigenvalue weighted by atomic mass is 79.9. The Hall–Kier alpha value is -0.890. The molecule has 1 saturated heterocycles. The van der Waals surface area contributed by atoms with Crippen LogP contribution in [0.4, 0.5) is 0 Å². The minimum Gasteiger partial charge on any atom is -0.446 e. The van der Waals surface area contributed by atoms with E-state index in [4.69, 9.17) is 13.7 Å². The van der Waals surface area contributed by atoms with E-state index in [2.05, 4.69) is 31.4 Å². The highest BCUT2D eigenvalue weighted by Crippen LogP contribution is 2.24.